The Morgan fingerprint density at radius 2 is 1.60 bits per heavy atom. The molecule has 4 nitrogen and oxygen atoms in total. The summed E-state index contributed by atoms with van der Waals surface area (Å²) < 4.78 is 0. The van der Waals surface area contributed by atoms with E-state index in [0.29, 0.717) is 6.42 Å². The van der Waals surface area contributed by atoms with E-state index in [1.807, 2.05) is 39.0 Å². The van der Waals surface area contributed by atoms with Gasteiger partial charge in [0.1, 0.15) is 0 Å². The largest absolute Gasteiger partial charge is 0.480 e. The molecular weight excluding hydrogens is 256 g/mol. The molecule has 0 saturated carbocycles. The first-order chi connectivity index (χ1) is 9.36. The molecule has 0 radical (unpaired) electrons. The van der Waals surface area contributed by atoms with Crippen molar-refractivity contribution < 1.29 is 19.8 Å². The topological polar surface area (TPSA) is 74.6 Å². The van der Waals surface area contributed by atoms with Gasteiger partial charge in [-0.25, -0.2) is 0 Å². The standard InChI is InChI=1S/C16H22O4/c1-4-13(12-8-6-5-7-9-12)16(14(17)18,15(19)20)10-11(2)3/h5-9,11,13H,4,10H2,1-3H3,(H,17,18)(H,19,20). The Bertz CT molecular complexity index is 451. The Morgan fingerprint density at radius 1 is 1.10 bits per heavy atom. The highest BCUT2D eigenvalue weighted by Gasteiger charge is 2.52. The van der Waals surface area contributed by atoms with Crippen LogP contribution in [0.15, 0.2) is 30.3 Å². The zero-order chi connectivity index (χ0) is 15.3. The molecule has 20 heavy (non-hydrogen) atoms. The molecule has 2 N–H and O–H groups in total. The third-order valence-electron chi connectivity index (χ3n) is 3.70. The van der Waals surface area contributed by atoms with Gasteiger partial charge in [0.2, 0.25) is 0 Å². The Hall–Kier alpha value is -1.84. The van der Waals surface area contributed by atoms with Crippen LogP contribution in [-0.2, 0) is 9.59 Å². The molecule has 1 unspecified atom stereocenters. The van der Waals surface area contributed by atoms with Crippen LogP contribution in [0.3, 0.4) is 0 Å². The minimum atomic E-state index is -1.77. The quantitative estimate of drug-likeness (QED) is 0.750. The van der Waals surface area contributed by atoms with Gasteiger partial charge in [-0.05, 0) is 24.3 Å². The van der Waals surface area contributed by atoms with E-state index in [0.717, 1.165) is 5.56 Å². The summed E-state index contributed by atoms with van der Waals surface area (Å²) in [5, 5.41) is 19.3. The second-order valence-corrected chi connectivity index (χ2v) is 5.55. The van der Waals surface area contributed by atoms with Crippen molar-refractivity contribution in [1.82, 2.24) is 0 Å². The van der Waals surface area contributed by atoms with Crippen molar-refractivity contribution in [3.63, 3.8) is 0 Å². The molecule has 0 aliphatic rings. The minimum absolute atomic E-state index is 0.0139. The van der Waals surface area contributed by atoms with Gasteiger partial charge >= 0.3 is 11.9 Å². The molecule has 0 aliphatic carbocycles. The molecule has 0 amide bonds. The highest BCUT2D eigenvalue weighted by Crippen LogP contribution is 2.44. The maximum atomic E-state index is 11.8. The lowest BCUT2D eigenvalue weighted by Crippen LogP contribution is -2.45. The lowest BCUT2D eigenvalue weighted by molar-refractivity contribution is -0.168. The van der Waals surface area contributed by atoms with Gasteiger partial charge in [0.25, 0.3) is 0 Å². The Balaban J connectivity index is 3.40. The van der Waals surface area contributed by atoms with Crippen LogP contribution in [0.1, 0.15) is 45.1 Å². The molecule has 0 saturated heterocycles. The van der Waals surface area contributed by atoms with Crippen molar-refractivity contribution in [2.24, 2.45) is 11.3 Å². The molecule has 4 heteroatoms. The van der Waals surface area contributed by atoms with Crippen LogP contribution < -0.4 is 0 Å². The molecule has 110 valence electrons. The van der Waals surface area contributed by atoms with E-state index in [2.05, 4.69) is 0 Å². The van der Waals surface area contributed by atoms with Gasteiger partial charge < -0.3 is 10.2 Å². The van der Waals surface area contributed by atoms with E-state index in [9.17, 15) is 19.8 Å². The van der Waals surface area contributed by atoms with Crippen molar-refractivity contribution in [3.05, 3.63) is 35.9 Å². The van der Waals surface area contributed by atoms with Crippen LogP contribution in [0, 0.1) is 11.3 Å². The monoisotopic (exact) mass is 278 g/mol. The number of aliphatic carboxylic acids is 2. The van der Waals surface area contributed by atoms with Crippen LogP contribution in [0.5, 0.6) is 0 Å². The van der Waals surface area contributed by atoms with Gasteiger partial charge in [0.15, 0.2) is 5.41 Å². The molecule has 0 spiro atoms. The molecule has 0 aromatic heterocycles. The summed E-state index contributed by atoms with van der Waals surface area (Å²) in [4.78, 5) is 23.6. The SMILES string of the molecule is CCC(c1ccccc1)C(CC(C)C)(C(=O)O)C(=O)O. The molecular formula is C16H22O4. The van der Waals surface area contributed by atoms with Gasteiger partial charge in [0, 0.05) is 5.92 Å². The number of rotatable bonds is 7. The van der Waals surface area contributed by atoms with E-state index in [1.165, 1.54) is 0 Å². The summed E-state index contributed by atoms with van der Waals surface area (Å²) in [6, 6.07) is 9.05. The maximum Gasteiger partial charge on any atom is 0.321 e. The summed E-state index contributed by atoms with van der Waals surface area (Å²) in [7, 11) is 0. The summed E-state index contributed by atoms with van der Waals surface area (Å²) in [5.41, 5.74) is -1.01. The second kappa shape index (κ2) is 6.55. The van der Waals surface area contributed by atoms with E-state index >= 15 is 0 Å². The minimum Gasteiger partial charge on any atom is -0.480 e. The van der Waals surface area contributed by atoms with E-state index in [-0.39, 0.29) is 12.3 Å². The molecule has 0 heterocycles. The predicted octanol–water partition coefficient (Wildman–Crippen LogP) is 3.38. The van der Waals surface area contributed by atoms with Gasteiger partial charge in [0.05, 0.1) is 0 Å². The van der Waals surface area contributed by atoms with E-state index in [1.54, 1.807) is 12.1 Å². The number of hydrogen-bond acceptors (Lipinski definition) is 2. The smallest absolute Gasteiger partial charge is 0.321 e. The van der Waals surface area contributed by atoms with E-state index < -0.39 is 23.3 Å². The Morgan fingerprint density at radius 3 is 1.95 bits per heavy atom. The Kier molecular flexibility index (Phi) is 5.31. The van der Waals surface area contributed by atoms with Crippen LogP contribution >= 0.6 is 0 Å². The highest BCUT2D eigenvalue weighted by atomic mass is 16.4. The molecule has 0 fully saturated rings. The zero-order valence-corrected chi connectivity index (χ0v) is 12.2. The molecule has 1 aromatic rings. The average molecular weight is 278 g/mol. The number of carbonyl (C=O) groups is 2. The molecule has 1 rings (SSSR count). The number of carboxylic acid groups (broad SMARTS) is 2. The predicted molar refractivity (Wildman–Crippen MR) is 76.6 cm³/mol. The van der Waals surface area contributed by atoms with Crippen LogP contribution in [0.4, 0.5) is 0 Å². The van der Waals surface area contributed by atoms with E-state index in [4.69, 9.17) is 0 Å². The normalized spacial score (nSPS) is 13.2. The van der Waals surface area contributed by atoms with Crippen molar-refractivity contribution in [2.45, 2.75) is 39.5 Å². The maximum absolute atomic E-state index is 11.8. The fraction of sp³-hybridized carbons (Fsp3) is 0.500. The molecule has 1 aromatic carbocycles. The summed E-state index contributed by atoms with van der Waals surface area (Å²) in [6.07, 6.45) is 0.584. The second-order valence-electron chi connectivity index (χ2n) is 5.55. The summed E-state index contributed by atoms with van der Waals surface area (Å²) >= 11 is 0. The van der Waals surface area contributed by atoms with Crippen molar-refractivity contribution >= 4 is 11.9 Å². The number of benzene rings is 1. The van der Waals surface area contributed by atoms with Gasteiger partial charge in [-0.1, -0.05) is 51.1 Å². The first kappa shape index (κ1) is 16.2. The zero-order valence-electron chi connectivity index (χ0n) is 12.2. The van der Waals surface area contributed by atoms with Crippen molar-refractivity contribution in [1.29, 1.82) is 0 Å². The average Bonchev–Trinajstić information content (AvgIpc) is 2.38. The number of hydrogen-bond donors (Lipinski definition) is 2. The first-order valence-corrected chi connectivity index (χ1v) is 6.88. The lowest BCUT2D eigenvalue weighted by Gasteiger charge is -2.34. The van der Waals surface area contributed by atoms with Crippen molar-refractivity contribution in [2.75, 3.05) is 0 Å². The lowest BCUT2D eigenvalue weighted by atomic mass is 9.66. The number of carboxylic acids is 2. The third kappa shape index (κ3) is 3.00. The molecule has 0 bridgehead atoms. The van der Waals surface area contributed by atoms with Crippen LogP contribution in [0.25, 0.3) is 0 Å². The third-order valence-corrected chi connectivity index (χ3v) is 3.70. The highest BCUT2D eigenvalue weighted by molar-refractivity contribution is 5.99. The fourth-order valence-electron chi connectivity index (χ4n) is 2.90. The summed E-state index contributed by atoms with van der Waals surface area (Å²) in [5.74, 6) is -3.06. The van der Waals surface area contributed by atoms with Crippen LogP contribution in [0.2, 0.25) is 0 Å². The van der Waals surface area contributed by atoms with Gasteiger partial charge in [-0.2, -0.15) is 0 Å². The fourth-order valence-corrected chi connectivity index (χ4v) is 2.90. The molecule has 1 atom stereocenters. The first-order valence-electron chi connectivity index (χ1n) is 6.88. The van der Waals surface area contributed by atoms with Crippen LogP contribution in [-0.4, -0.2) is 22.2 Å². The van der Waals surface area contributed by atoms with Gasteiger partial charge in [-0.3, -0.25) is 9.59 Å². The van der Waals surface area contributed by atoms with Crippen molar-refractivity contribution in [3.8, 4) is 0 Å². The van der Waals surface area contributed by atoms with Gasteiger partial charge in [-0.15, -0.1) is 0 Å². The Labute approximate surface area is 119 Å². The summed E-state index contributed by atoms with van der Waals surface area (Å²) in [6.45, 7) is 5.52. The molecule has 0 aliphatic heterocycles.